The molecule has 1 amide bonds. The van der Waals surface area contributed by atoms with E-state index in [-0.39, 0.29) is 11.3 Å². The third kappa shape index (κ3) is 5.06. The number of nitrogens with zero attached hydrogens (tertiary/aromatic N) is 1. The molecule has 0 heterocycles. The topological polar surface area (TPSA) is 32.3 Å². The van der Waals surface area contributed by atoms with E-state index in [1.54, 1.807) is 6.92 Å². The summed E-state index contributed by atoms with van der Waals surface area (Å²) in [7, 11) is 2.21. The molecule has 1 saturated carbocycles. The van der Waals surface area contributed by atoms with Gasteiger partial charge in [-0.3, -0.25) is 9.69 Å². The molecule has 0 unspecified atom stereocenters. The summed E-state index contributed by atoms with van der Waals surface area (Å²) in [6, 6.07) is 4.98. The number of halogens is 1. The van der Waals surface area contributed by atoms with E-state index in [0.29, 0.717) is 6.04 Å². The minimum atomic E-state index is -0.0150. The Morgan fingerprint density at radius 3 is 2.42 bits per heavy atom. The van der Waals surface area contributed by atoms with Crippen LogP contribution in [0.5, 0.6) is 0 Å². The Labute approximate surface area is 155 Å². The number of carbonyl (C=O) groups is 1. The number of rotatable bonds is 4. The van der Waals surface area contributed by atoms with Gasteiger partial charge in [0.15, 0.2) is 0 Å². The molecule has 2 rings (SSSR count). The zero-order valence-electron chi connectivity index (χ0n) is 15.7. The Balaban J connectivity index is 2.29. The molecule has 1 N–H and O–H groups in total. The molecule has 1 aromatic rings. The molecule has 134 valence electrons. The first kappa shape index (κ1) is 19.5. The Bertz CT molecular complexity index is 586. The van der Waals surface area contributed by atoms with Crippen LogP contribution in [-0.4, -0.2) is 23.9 Å². The van der Waals surface area contributed by atoms with Gasteiger partial charge < -0.3 is 5.32 Å². The zero-order chi connectivity index (χ0) is 17.9. The summed E-state index contributed by atoms with van der Waals surface area (Å²) in [4.78, 5) is 14.1. The monoisotopic (exact) mass is 394 g/mol. The van der Waals surface area contributed by atoms with Crippen molar-refractivity contribution >= 4 is 27.5 Å². The predicted octanol–water partition coefficient (Wildman–Crippen LogP) is 5.47. The Morgan fingerprint density at radius 1 is 1.25 bits per heavy atom. The third-order valence-electron chi connectivity index (χ3n) is 4.93. The second-order valence-electron chi connectivity index (χ2n) is 8.13. The van der Waals surface area contributed by atoms with E-state index < -0.39 is 0 Å². The summed E-state index contributed by atoms with van der Waals surface area (Å²) < 4.78 is 1.12. The van der Waals surface area contributed by atoms with Crippen LogP contribution in [0.1, 0.15) is 70.9 Å². The molecule has 1 fully saturated rings. The molecule has 0 radical (unpaired) electrons. The minimum absolute atomic E-state index is 0.0150. The van der Waals surface area contributed by atoms with Gasteiger partial charge in [-0.15, -0.1) is 0 Å². The molecular formula is C20H31BrN2O. The summed E-state index contributed by atoms with van der Waals surface area (Å²) in [5, 5.41) is 3.03. The fraction of sp³-hybridized carbons (Fsp3) is 0.650. The number of anilines is 1. The van der Waals surface area contributed by atoms with E-state index in [9.17, 15) is 4.79 Å². The summed E-state index contributed by atoms with van der Waals surface area (Å²) in [6.07, 6.45) is 6.61. The number of benzene rings is 1. The molecular weight excluding hydrogens is 364 g/mol. The summed E-state index contributed by atoms with van der Waals surface area (Å²) >= 11 is 3.74. The number of nitrogens with one attached hydrogen (secondary N) is 1. The van der Waals surface area contributed by atoms with Gasteiger partial charge >= 0.3 is 0 Å². The minimum Gasteiger partial charge on any atom is -0.326 e. The summed E-state index contributed by atoms with van der Waals surface area (Å²) in [5.74, 6) is -0.0150. The van der Waals surface area contributed by atoms with E-state index >= 15 is 0 Å². The van der Waals surface area contributed by atoms with E-state index in [1.807, 2.05) is 0 Å². The van der Waals surface area contributed by atoms with Gasteiger partial charge in [0.1, 0.15) is 0 Å². The predicted molar refractivity (Wildman–Crippen MR) is 105 cm³/mol. The van der Waals surface area contributed by atoms with Gasteiger partial charge in [-0.2, -0.15) is 0 Å². The smallest absolute Gasteiger partial charge is 0.221 e. The van der Waals surface area contributed by atoms with Crippen molar-refractivity contribution in [2.45, 2.75) is 77.8 Å². The number of amides is 1. The van der Waals surface area contributed by atoms with Crippen molar-refractivity contribution in [1.82, 2.24) is 4.90 Å². The van der Waals surface area contributed by atoms with Gasteiger partial charge in [-0.25, -0.2) is 0 Å². The lowest BCUT2D eigenvalue weighted by Crippen LogP contribution is -2.33. The molecule has 0 bridgehead atoms. The van der Waals surface area contributed by atoms with Crippen molar-refractivity contribution in [2.24, 2.45) is 0 Å². The quantitative estimate of drug-likeness (QED) is 0.733. The third-order valence-corrected chi connectivity index (χ3v) is 5.59. The van der Waals surface area contributed by atoms with Crippen LogP contribution in [-0.2, 0) is 16.8 Å². The highest BCUT2D eigenvalue weighted by molar-refractivity contribution is 9.10. The first-order valence-electron chi connectivity index (χ1n) is 8.99. The molecule has 24 heavy (non-hydrogen) atoms. The summed E-state index contributed by atoms with van der Waals surface area (Å²) in [5.41, 5.74) is 3.37. The Hall–Kier alpha value is -0.870. The average molecular weight is 395 g/mol. The Kier molecular flexibility index (Phi) is 6.49. The maximum absolute atomic E-state index is 11.7. The van der Waals surface area contributed by atoms with Crippen LogP contribution in [0.2, 0.25) is 0 Å². The molecule has 1 aliphatic rings. The molecule has 0 aliphatic heterocycles. The Morgan fingerprint density at radius 2 is 1.88 bits per heavy atom. The lowest BCUT2D eigenvalue weighted by atomic mass is 9.86. The second kappa shape index (κ2) is 8.01. The fourth-order valence-electron chi connectivity index (χ4n) is 3.55. The van der Waals surface area contributed by atoms with Crippen LogP contribution in [0.15, 0.2) is 16.6 Å². The van der Waals surface area contributed by atoms with Crippen LogP contribution in [0.4, 0.5) is 5.69 Å². The van der Waals surface area contributed by atoms with Gasteiger partial charge in [-0.1, -0.05) is 56.0 Å². The highest BCUT2D eigenvalue weighted by atomic mass is 79.9. The van der Waals surface area contributed by atoms with E-state index in [2.05, 4.69) is 66.1 Å². The van der Waals surface area contributed by atoms with E-state index in [1.165, 1.54) is 43.2 Å². The van der Waals surface area contributed by atoms with Crippen LogP contribution >= 0.6 is 15.9 Å². The highest BCUT2D eigenvalue weighted by Gasteiger charge is 2.22. The van der Waals surface area contributed by atoms with Crippen molar-refractivity contribution in [1.29, 1.82) is 0 Å². The normalized spacial score (nSPS) is 16.5. The molecule has 1 aliphatic carbocycles. The zero-order valence-corrected chi connectivity index (χ0v) is 17.3. The number of hydrogen-bond acceptors (Lipinski definition) is 2. The molecule has 4 heteroatoms. The van der Waals surface area contributed by atoms with Crippen molar-refractivity contribution in [2.75, 3.05) is 12.4 Å². The number of carbonyl (C=O) groups excluding carboxylic acids is 1. The first-order valence-corrected chi connectivity index (χ1v) is 9.78. The van der Waals surface area contributed by atoms with Gasteiger partial charge in [0, 0.05) is 29.7 Å². The fourth-order valence-corrected chi connectivity index (χ4v) is 4.53. The standard InChI is InChI=1S/C20H31BrN2O/c1-14(24)22-19-12-17(20(2,3)4)18(21)11-15(19)13-23(5)16-9-7-6-8-10-16/h11-12,16H,6-10,13H2,1-5H3,(H,22,24). The van der Waals surface area contributed by atoms with Crippen LogP contribution in [0, 0.1) is 0 Å². The van der Waals surface area contributed by atoms with Gasteiger partial charge in [0.05, 0.1) is 0 Å². The highest BCUT2D eigenvalue weighted by Crippen LogP contribution is 2.35. The maximum Gasteiger partial charge on any atom is 0.221 e. The van der Waals surface area contributed by atoms with Gasteiger partial charge in [0.2, 0.25) is 5.91 Å². The van der Waals surface area contributed by atoms with E-state index in [0.717, 1.165) is 16.7 Å². The molecule has 0 aromatic heterocycles. The summed E-state index contributed by atoms with van der Waals surface area (Å²) in [6.45, 7) is 9.02. The lowest BCUT2D eigenvalue weighted by Gasteiger charge is -2.32. The van der Waals surface area contributed by atoms with Crippen molar-refractivity contribution < 1.29 is 4.79 Å². The van der Waals surface area contributed by atoms with Crippen LogP contribution < -0.4 is 5.32 Å². The molecule has 0 saturated heterocycles. The van der Waals surface area contributed by atoms with Crippen molar-refractivity contribution in [3.05, 3.63) is 27.7 Å². The first-order chi connectivity index (χ1) is 11.2. The van der Waals surface area contributed by atoms with Crippen molar-refractivity contribution in [3.8, 4) is 0 Å². The SMILES string of the molecule is CC(=O)Nc1cc(C(C)(C)C)c(Br)cc1CN(C)C1CCCCC1. The number of hydrogen-bond donors (Lipinski definition) is 1. The van der Waals surface area contributed by atoms with Gasteiger partial charge in [0.25, 0.3) is 0 Å². The van der Waals surface area contributed by atoms with Crippen LogP contribution in [0.3, 0.4) is 0 Å². The van der Waals surface area contributed by atoms with Gasteiger partial charge in [-0.05, 0) is 48.6 Å². The van der Waals surface area contributed by atoms with E-state index in [4.69, 9.17) is 0 Å². The second-order valence-corrected chi connectivity index (χ2v) is 8.98. The molecule has 1 aromatic carbocycles. The average Bonchev–Trinajstić information content (AvgIpc) is 2.49. The molecule has 0 spiro atoms. The maximum atomic E-state index is 11.7. The van der Waals surface area contributed by atoms with Crippen molar-refractivity contribution in [3.63, 3.8) is 0 Å². The molecule has 3 nitrogen and oxygen atoms in total. The molecule has 0 atom stereocenters. The lowest BCUT2D eigenvalue weighted by molar-refractivity contribution is -0.114. The largest absolute Gasteiger partial charge is 0.326 e. The van der Waals surface area contributed by atoms with Crippen LogP contribution in [0.25, 0.3) is 0 Å².